The number of fused-ring (bicyclic) bond motifs is 1. The first-order valence-electron chi connectivity index (χ1n) is 11.0. The van der Waals surface area contributed by atoms with Crippen molar-refractivity contribution in [2.45, 2.75) is 58.9 Å². The van der Waals surface area contributed by atoms with E-state index in [-0.39, 0.29) is 29.7 Å². The number of hydrogen-bond acceptors (Lipinski definition) is 4. The standard InChI is InChI=1S/C26H29NO4/c1-16-9-11-19(12-10-16)25-26(30-15-22(28)27-20-7-5-4-6-8-20)23(29)21-14-17(2)13-18(3)24(21)31-25/h9-14,20H,4-8,15H2,1-3H3,(H,27,28). The topological polar surface area (TPSA) is 68.5 Å². The van der Waals surface area contributed by atoms with Gasteiger partial charge in [0.05, 0.1) is 5.39 Å². The van der Waals surface area contributed by atoms with Gasteiger partial charge >= 0.3 is 0 Å². The van der Waals surface area contributed by atoms with E-state index in [9.17, 15) is 9.59 Å². The zero-order chi connectivity index (χ0) is 22.0. The SMILES string of the molecule is Cc1ccc(-c2oc3c(C)cc(C)cc3c(=O)c2OCC(=O)NC2CCCCC2)cc1. The fraction of sp³-hybridized carbons (Fsp3) is 0.385. The lowest BCUT2D eigenvalue weighted by Crippen LogP contribution is -2.39. The zero-order valence-electron chi connectivity index (χ0n) is 18.4. The van der Waals surface area contributed by atoms with Gasteiger partial charge < -0.3 is 14.5 Å². The number of rotatable bonds is 5. The van der Waals surface area contributed by atoms with Crippen molar-refractivity contribution in [1.29, 1.82) is 0 Å². The lowest BCUT2D eigenvalue weighted by molar-refractivity contribution is -0.124. The minimum atomic E-state index is -0.255. The van der Waals surface area contributed by atoms with Crippen molar-refractivity contribution in [3.8, 4) is 17.1 Å². The van der Waals surface area contributed by atoms with Gasteiger partial charge in [0.2, 0.25) is 11.2 Å². The average molecular weight is 420 g/mol. The number of carbonyl (C=O) groups excluding carboxylic acids is 1. The minimum Gasteiger partial charge on any atom is -0.476 e. The molecule has 1 saturated carbocycles. The Labute approximate surface area is 182 Å². The van der Waals surface area contributed by atoms with Gasteiger partial charge in [-0.25, -0.2) is 0 Å². The Balaban J connectivity index is 1.70. The van der Waals surface area contributed by atoms with E-state index in [1.807, 2.05) is 57.2 Å². The second-order valence-corrected chi connectivity index (χ2v) is 8.61. The van der Waals surface area contributed by atoms with Crippen LogP contribution in [0.25, 0.3) is 22.3 Å². The molecule has 0 spiro atoms. The molecule has 0 aliphatic heterocycles. The van der Waals surface area contributed by atoms with Crippen LogP contribution in [-0.4, -0.2) is 18.6 Å². The molecule has 1 heterocycles. The molecule has 0 unspecified atom stereocenters. The molecule has 4 rings (SSSR count). The molecule has 31 heavy (non-hydrogen) atoms. The molecule has 0 radical (unpaired) electrons. The molecule has 1 aliphatic rings. The first kappa shape index (κ1) is 21.2. The Kier molecular flexibility index (Phi) is 6.12. The monoisotopic (exact) mass is 419 g/mol. The van der Waals surface area contributed by atoms with E-state index < -0.39 is 0 Å². The Morgan fingerprint density at radius 1 is 1.03 bits per heavy atom. The van der Waals surface area contributed by atoms with E-state index in [0.717, 1.165) is 47.9 Å². The molecule has 2 aromatic carbocycles. The molecular formula is C26H29NO4. The summed E-state index contributed by atoms with van der Waals surface area (Å²) in [5.41, 5.74) is 4.00. The van der Waals surface area contributed by atoms with Crippen molar-refractivity contribution in [2.75, 3.05) is 6.61 Å². The summed E-state index contributed by atoms with van der Waals surface area (Å²) in [6.45, 7) is 5.66. The van der Waals surface area contributed by atoms with Crippen LogP contribution in [-0.2, 0) is 4.79 Å². The van der Waals surface area contributed by atoms with Crippen LogP contribution in [0.2, 0.25) is 0 Å². The molecule has 1 fully saturated rings. The molecule has 3 aromatic rings. The number of nitrogens with one attached hydrogen (secondary N) is 1. The van der Waals surface area contributed by atoms with E-state index in [2.05, 4.69) is 5.32 Å². The van der Waals surface area contributed by atoms with Gasteiger partial charge in [-0.1, -0.05) is 55.2 Å². The molecule has 162 valence electrons. The van der Waals surface area contributed by atoms with E-state index in [1.165, 1.54) is 6.42 Å². The third-order valence-corrected chi connectivity index (χ3v) is 5.91. The first-order chi connectivity index (χ1) is 14.9. The first-order valence-corrected chi connectivity index (χ1v) is 11.0. The number of hydrogen-bond donors (Lipinski definition) is 1. The van der Waals surface area contributed by atoms with Gasteiger partial charge in [-0.05, 0) is 50.8 Å². The summed E-state index contributed by atoms with van der Waals surface area (Å²) in [7, 11) is 0. The lowest BCUT2D eigenvalue weighted by Gasteiger charge is -2.22. The van der Waals surface area contributed by atoms with Crippen molar-refractivity contribution in [3.05, 3.63) is 63.3 Å². The second kappa shape index (κ2) is 8.96. The summed E-state index contributed by atoms with van der Waals surface area (Å²) in [6, 6.07) is 11.7. The molecule has 0 saturated heterocycles. The normalized spacial score (nSPS) is 14.5. The summed E-state index contributed by atoms with van der Waals surface area (Å²) in [6.07, 6.45) is 5.49. The number of aryl methyl sites for hydroxylation is 3. The van der Waals surface area contributed by atoms with Crippen molar-refractivity contribution >= 4 is 16.9 Å². The van der Waals surface area contributed by atoms with Crippen LogP contribution >= 0.6 is 0 Å². The highest BCUT2D eigenvalue weighted by molar-refractivity contribution is 5.85. The summed E-state index contributed by atoms with van der Waals surface area (Å²) in [5, 5.41) is 3.50. The third-order valence-electron chi connectivity index (χ3n) is 5.91. The van der Waals surface area contributed by atoms with Crippen LogP contribution in [0.1, 0.15) is 48.8 Å². The maximum atomic E-state index is 13.4. The van der Waals surface area contributed by atoms with Crippen molar-refractivity contribution in [2.24, 2.45) is 0 Å². The van der Waals surface area contributed by atoms with Gasteiger partial charge in [0.15, 0.2) is 12.4 Å². The number of amides is 1. The molecule has 5 nitrogen and oxygen atoms in total. The van der Waals surface area contributed by atoms with E-state index >= 15 is 0 Å². The van der Waals surface area contributed by atoms with E-state index in [0.29, 0.717) is 16.7 Å². The fourth-order valence-electron chi connectivity index (χ4n) is 4.31. The van der Waals surface area contributed by atoms with Crippen molar-refractivity contribution < 1.29 is 13.9 Å². The summed E-state index contributed by atoms with van der Waals surface area (Å²) < 4.78 is 12.0. The minimum absolute atomic E-state index is 0.0835. The van der Waals surface area contributed by atoms with Crippen molar-refractivity contribution in [3.63, 3.8) is 0 Å². The van der Waals surface area contributed by atoms with Gasteiger partial charge in [-0.15, -0.1) is 0 Å². The van der Waals surface area contributed by atoms with Crippen molar-refractivity contribution in [1.82, 2.24) is 5.32 Å². The average Bonchev–Trinajstić information content (AvgIpc) is 2.75. The zero-order valence-corrected chi connectivity index (χ0v) is 18.4. The lowest BCUT2D eigenvalue weighted by atomic mass is 9.95. The highest BCUT2D eigenvalue weighted by atomic mass is 16.5. The Bertz CT molecular complexity index is 1150. The van der Waals surface area contributed by atoms with Crippen LogP contribution in [0.4, 0.5) is 0 Å². The predicted octanol–water partition coefficient (Wildman–Crippen LogP) is 5.21. The molecule has 5 heteroatoms. The van der Waals surface area contributed by atoms with E-state index in [4.69, 9.17) is 9.15 Å². The predicted molar refractivity (Wildman–Crippen MR) is 123 cm³/mol. The van der Waals surface area contributed by atoms with Gasteiger partial charge in [0.25, 0.3) is 5.91 Å². The number of carbonyl (C=O) groups is 1. The summed E-state index contributed by atoms with van der Waals surface area (Å²) in [4.78, 5) is 25.9. The Morgan fingerprint density at radius 3 is 2.45 bits per heavy atom. The molecule has 0 atom stereocenters. The fourth-order valence-corrected chi connectivity index (χ4v) is 4.31. The summed E-state index contributed by atoms with van der Waals surface area (Å²) >= 11 is 0. The Morgan fingerprint density at radius 2 is 1.74 bits per heavy atom. The highest BCUT2D eigenvalue weighted by Gasteiger charge is 2.21. The van der Waals surface area contributed by atoms with Crippen LogP contribution in [0, 0.1) is 20.8 Å². The Hall–Kier alpha value is -3.08. The molecule has 1 N–H and O–H groups in total. The number of ether oxygens (including phenoxy) is 1. The van der Waals surface area contributed by atoms with Crippen LogP contribution in [0.15, 0.2) is 45.6 Å². The van der Waals surface area contributed by atoms with Crippen LogP contribution in [0.5, 0.6) is 5.75 Å². The van der Waals surface area contributed by atoms with Gasteiger partial charge in [-0.3, -0.25) is 9.59 Å². The molecule has 1 amide bonds. The molecular weight excluding hydrogens is 390 g/mol. The van der Waals surface area contributed by atoms with Gasteiger partial charge in [0, 0.05) is 11.6 Å². The molecule has 1 aromatic heterocycles. The molecule has 1 aliphatic carbocycles. The van der Waals surface area contributed by atoms with Gasteiger partial charge in [0.1, 0.15) is 5.58 Å². The van der Waals surface area contributed by atoms with Gasteiger partial charge in [-0.2, -0.15) is 0 Å². The smallest absolute Gasteiger partial charge is 0.258 e. The largest absolute Gasteiger partial charge is 0.476 e. The van der Waals surface area contributed by atoms with E-state index in [1.54, 1.807) is 0 Å². The quantitative estimate of drug-likeness (QED) is 0.616. The maximum Gasteiger partial charge on any atom is 0.258 e. The van der Waals surface area contributed by atoms with Crippen LogP contribution in [0.3, 0.4) is 0 Å². The second-order valence-electron chi connectivity index (χ2n) is 8.61. The maximum absolute atomic E-state index is 13.4. The van der Waals surface area contributed by atoms with Crippen LogP contribution < -0.4 is 15.5 Å². The third kappa shape index (κ3) is 4.66. The summed E-state index contributed by atoms with van der Waals surface area (Å²) in [5.74, 6) is 0.233. The highest BCUT2D eigenvalue weighted by Crippen LogP contribution is 2.32. The molecule has 0 bridgehead atoms. The number of benzene rings is 2.